The molecule has 1 N–H and O–H groups in total. The molecule has 1 heterocycles. The molecule has 0 aliphatic heterocycles. The van der Waals surface area contributed by atoms with Crippen LogP contribution in [0.5, 0.6) is 5.75 Å². The zero-order valence-electron chi connectivity index (χ0n) is 15.2. The van der Waals surface area contributed by atoms with Gasteiger partial charge in [0.25, 0.3) is 0 Å². The van der Waals surface area contributed by atoms with E-state index < -0.39 is 10.8 Å². The quantitative estimate of drug-likeness (QED) is 0.635. The van der Waals surface area contributed by atoms with E-state index in [2.05, 4.69) is 10.3 Å². The molecule has 2 rings (SSSR count). The Morgan fingerprint density at radius 3 is 2.65 bits per heavy atom. The van der Waals surface area contributed by atoms with Gasteiger partial charge in [-0.1, -0.05) is 0 Å². The fourth-order valence-electron chi connectivity index (χ4n) is 2.26. The van der Waals surface area contributed by atoms with E-state index in [1.165, 1.54) is 0 Å². The highest BCUT2D eigenvalue weighted by atomic mass is 32.2. The maximum absolute atomic E-state index is 12.2. The smallest absolute Gasteiger partial charge is 0.232 e. The van der Waals surface area contributed by atoms with Crippen molar-refractivity contribution in [2.45, 2.75) is 19.1 Å². The molecule has 26 heavy (non-hydrogen) atoms. The molecule has 0 aliphatic rings. The van der Waals surface area contributed by atoms with Crippen molar-refractivity contribution in [3.63, 3.8) is 0 Å². The summed E-state index contributed by atoms with van der Waals surface area (Å²) < 4.78 is 27.9. The predicted octanol–water partition coefficient (Wildman–Crippen LogP) is 2.06. The molecular formula is C18H24N2O5S. The van der Waals surface area contributed by atoms with Gasteiger partial charge in [-0.05, 0) is 37.6 Å². The molecule has 7 nitrogen and oxygen atoms in total. The lowest BCUT2D eigenvalue weighted by molar-refractivity contribution is -0.118. The Balaban J connectivity index is 1.91. The summed E-state index contributed by atoms with van der Waals surface area (Å²) in [7, 11) is 1.86. The van der Waals surface area contributed by atoms with E-state index in [0.717, 1.165) is 17.7 Å². The summed E-state index contributed by atoms with van der Waals surface area (Å²) in [6.07, 6.45) is 0.725. The highest BCUT2D eigenvalue weighted by molar-refractivity contribution is 7.84. The van der Waals surface area contributed by atoms with Crippen molar-refractivity contribution in [1.29, 1.82) is 0 Å². The molecule has 0 aliphatic carbocycles. The third-order valence-electron chi connectivity index (χ3n) is 3.67. The van der Waals surface area contributed by atoms with Crippen LogP contribution in [0.3, 0.4) is 0 Å². The zero-order chi connectivity index (χ0) is 18.9. The molecule has 0 spiro atoms. The van der Waals surface area contributed by atoms with E-state index in [-0.39, 0.29) is 17.4 Å². The predicted molar refractivity (Wildman–Crippen MR) is 99.4 cm³/mol. The maximum Gasteiger partial charge on any atom is 0.232 e. The van der Waals surface area contributed by atoms with E-state index in [1.54, 1.807) is 21.1 Å². The molecule has 0 unspecified atom stereocenters. The molecule has 1 atom stereocenters. The molecule has 1 amide bonds. The molecule has 0 fully saturated rings. The summed E-state index contributed by atoms with van der Waals surface area (Å²) in [5.74, 6) is 1.69. The summed E-state index contributed by atoms with van der Waals surface area (Å²) in [5, 5.41) is 2.72. The van der Waals surface area contributed by atoms with Gasteiger partial charge in [0.2, 0.25) is 11.8 Å². The number of aromatic nitrogens is 1. The Hall–Kier alpha value is -2.19. The van der Waals surface area contributed by atoms with Crippen LogP contribution in [0.4, 0.5) is 0 Å². The van der Waals surface area contributed by atoms with Crippen molar-refractivity contribution in [2.24, 2.45) is 0 Å². The normalized spacial score (nSPS) is 12.0. The number of amides is 1. The third kappa shape index (κ3) is 5.96. The minimum Gasteiger partial charge on any atom is -0.497 e. The monoisotopic (exact) mass is 380 g/mol. The average molecular weight is 380 g/mol. The first-order valence-corrected chi connectivity index (χ1v) is 9.73. The second kappa shape index (κ2) is 10.1. The highest BCUT2D eigenvalue weighted by Gasteiger charge is 2.16. The van der Waals surface area contributed by atoms with Gasteiger partial charge in [0.15, 0.2) is 0 Å². The van der Waals surface area contributed by atoms with Gasteiger partial charge in [0, 0.05) is 36.6 Å². The number of nitrogens with one attached hydrogen (secondary N) is 1. The van der Waals surface area contributed by atoms with E-state index in [4.69, 9.17) is 13.9 Å². The Kier molecular flexibility index (Phi) is 7.80. The number of oxazole rings is 1. The minimum absolute atomic E-state index is 0.0584. The van der Waals surface area contributed by atoms with Gasteiger partial charge in [-0.3, -0.25) is 9.00 Å². The van der Waals surface area contributed by atoms with Crippen LogP contribution in [-0.4, -0.2) is 48.2 Å². The second-order valence-corrected chi connectivity index (χ2v) is 7.13. The molecule has 8 heteroatoms. The lowest BCUT2D eigenvalue weighted by Crippen LogP contribution is -2.30. The van der Waals surface area contributed by atoms with Crippen LogP contribution in [0.25, 0.3) is 11.5 Å². The molecular weight excluding hydrogens is 356 g/mol. The highest BCUT2D eigenvalue weighted by Crippen LogP contribution is 2.24. The Morgan fingerprint density at radius 1 is 1.27 bits per heavy atom. The first-order chi connectivity index (χ1) is 12.5. The number of rotatable bonds is 10. The minimum atomic E-state index is -1.35. The van der Waals surface area contributed by atoms with Crippen molar-refractivity contribution in [2.75, 3.05) is 33.1 Å². The van der Waals surface area contributed by atoms with Crippen LogP contribution < -0.4 is 10.1 Å². The van der Waals surface area contributed by atoms with Gasteiger partial charge in [-0.2, -0.15) is 0 Å². The van der Waals surface area contributed by atoms with Gasteiger partial charge in [-0.25, -0.2) is 4.98 Å². The first kappa shape index (κ1) is 20.1. The van der Waals surface area contributed by atoms with Crippen LogP contribution in [0.2, 0.25) is 0 Å². The molecule has 0 radical (unpaired) electrons. The van der Waals surface area contributed by atoms with Crippen LogP contribution in [0, 0.1) is 6.92 Å². The fourth-order valence-corrected chi connectivity index (χ4v) is 3.33. The summed E-state index contributed by atoms with van der Waals surface area (Å²) in [6.45, 7) is 2.86. The number of benzene rings is 1. The van der Waals surface area contributed by atoms with E-state index in [0.29, 0.717) is 30.5 Å². The van der Waals surface area contributed by atoms with Crippen LogP contribution >= 0.6 is 0 Å². The molecule has 1 aromatic carbocycles. The zero-order valence-corrected chi connectivity index (χ0v) is 16.1. The summed E-state index contributed by atoms with van der Waals surface area (Å²) in [4.78, 5) is 16.2. The number of nitrogens with zero attached hydrogens (tertiary/aromatic N) is 1. The topological polar surface area (TPSA) is 90.7 Å². The number of carbonyl (C=O) groups excluding carboxylic acids is 1. The van der Waals surface area contributed by atoms with Crippen molar-refractivity contribution < 1.29 is 22.9 Å². The Labute approximate surface area is 155 Å². The molecule has 0 saturated carbocycles. The largest absolute Gasteiger partial charge is 0.497 e. The van der Waals surface area contributed by atoms with E-state index in [9.17, 15) is 9.00 Å². The van der Waals surface area contributed by atoms with Gasteiger partial charge in [-0.15, -0.1) is 0 Å². The van der Waals surface area contributed by atoms with Crippen molar-refractivity contribution in [3.8, 4) is 17.2 Å². The number of carbonyl (C=O) groups is 1. The maximum atomic E-state index is 12.2. The fraction of sp³-hybridized carbons (Fsp3) is 0.444. The molecule has 0 saturated heterocycles. The number of ether oxygens (including phenoxy) is 2. The SMILES string of the molecule is COCCCNC(=O)C[S@](=O)Cc1nc(-c2ccc(OC)cc2)oc1C. The Bertz CT molecular complexity index is 743. The van der Waals surface area contributed by atoms with Gasteiger partial charge < -0.3 is 19.2 Å². The summed E-state index contributed by atoms with van der Waals surface area (Å²) in [6, 6.07) is 7.33. The number of hydrogen-bond acceptors (Lipinski definition) is 6. The first-order valence-electron chi connectivity index (χ1n) is 8.24. The number of aryl methyl sites for hydroxylation is 1. The van der Waals surface area contributed by atoms with E-state index in [1.807, 2.05) is 24.3 Å². The molecule has 2 aromatic rings. The van der Waals surface area contributed by atoms with Crippen LogP contribution in [0.15, 0.2) is 28.7 Å². The summed E-state index contributed by atoms with van der Waals surface area (Å²) in [5.41, 5.74) is 1.41. The van der Waals surface area contributed by atoms with Crippen molar-refractivity contribution in [1.82, 2.24) is 10.3 Å². The average Bonchev–Trinajstić information content (AvgIpc) is 2.99. The van der Waals surface area contributed by atoms with E-state index >= 15 is 0 Å². The lowest BCUT2D eigenvalue weighted by atomic mass is 10.2. The van der Waals surface area contributed by atoms with Gasteiger partial charge in [0.05, 0.1) is 18.6 Å². The second-order valence-electron chi connectivity index (χ2n) is 5.68. The van der Waals surface area contributed by atoms with Crippen LogP contribution in [-0.2, 0) is 26.1 Å². The van der Waals surface area contributed by atoms with Crippen LogP contribution in [0.1, 0.15) is 17.9 Å². The van der Waals surface area contributed by atoms with Crippen molar-refractivity contribution in [3.05, 3.63) is 35.7 Å². The van der Waals surface area contributed by atoms with Crippen molar-refractivity contribution >= 4 is 16.7 Å². The van der Waals surface area contributed by atoms with Gasteiger partial charge >= 0.3 is 0 Å². The number of methoxy groups -OCH3 is 2. The Morgan fingerprint density at radius 2 is 2.00 bits per heavy atom. The lowest BCUT2D eigenvalue weighted by Gasteiger charge is -2.04. The third-order valence-corrected chi connectivity index (χ3v) is 4.85. The standard InChI is InChI=1S/C18H24N2O5S/c1-13-16(11-26(22)12-17(21)19-9-4-10-23-2)20-18(25-13)14-5-7-15(24-3)8-6-14/h5-8H,4,9-12H2,1-3H3,(H,19,21)/t26-/m1/s1. The van der Waals surface area contributed by atoms with Gasteiger partial charge in [0.1, 0.15) is 17.3 Å². The number of hydrogen-bond donors (Lipinski definition) is 1. The molecule has 1 aromatic heterocycles. The molecule has 0 bridgehead atoms. The molecule has 142 valence electrons. The summed E-state index contributed by atoms with van der Waals surface area (Å²) >= 11 is 0.